The van der Waals surface area contributed by atoms with Crippen LogP contribution in [0.15, 0.2) is 30.3 Å². The topological polar surface area (TPSA) is 34.1 Å². The highest BCUT2D eigenvalue weighted by molar-refractivity contribution is 6.09. The van der Waals surface area contributed by atoms with Gasteiger partial charge >= 0.3 is 0 Å². The summed E-state index contributed by atoms with van der Waals surface area (Å²) in [6, 6.07) is 8.91. The van der Waals surface area contributed by atoms with Gasteiger partial charge in [0.25, 0.3) is 0 Å². The summed E-state index contributed by atoms with van der Waals surface area (Å²) in [5.74, 6) is 1.78. The zero-order valence-electron chi connectivity index (χ0n) is 9.98. The number of unbranched alkanes of at least 4 members (excludes halogenated alkanes) is 1. The van der Waals surface area contributed by atoms with Crippen molar-refractivity contribution in [3.8, 4) is 12.3 Å². The van der Waals surface area contributed by atoms with Gasteiger partial charge in [-0.3, -0.25) is 9.59 Å². The van der Waals surface area contributed by atoms with Crippen LogP contribution in [0.3, 0.4) is 0 Å². The highest BCUT2D eigenvalue weighted by Crippen LogP contribution is 2.16. The lowest BCUT2D eigenvalue weighted by atomic mass is 9.90. The van der Waals surface area contributed by atoms with Gasteiger partial charge in [0.05, 0.1) is 5.92 Å². The summed E-state index contributed by atoms with van der Waals surface area (Å²) in [4.78, 5) is 23.6. The molecule has 0 saturated heterocycles. The molecule has 0 fully saturated rings. The van der Waals surface area contributed by atoms with Gasteiger partial charge in [-0.15, -0.1) is 12.3 Å². The number of hydrogen-bond acceptors (Lipinski definition) is 2. The number of terminal acetylenes is 1. The van der Waals surface area contributed by atoms with Gasteiger partial charge in [0.15, 0.2) is 5.78 Å². The van der Waals surface area contributed by atoms with Crippen LogP contribution in [0, 0.1) is 18.3 Å². The fourth-order valence-corrected chi connectivity index (χ4v) is 1.73. The summed E-state index contributed by atoms with van der Waals surface area (Å²) in [6.07, 6.45) is 7.00. The molecule has 0 heterocycles. The Morgan fingerprint density at radius 1 is 1.29 bits per heavy atom. The zero-order valence-corrected chi connectivity index (χ0v) is 9.98. The van der Waals surface area contributed by atoms with Gasteiger partial charge in [0, 0.05) is 12.0 Å². The lowest BCUT2D eigenvalue weighted by Gasteiger charge is -2.11. The normalized spacial score (nSPS) is 11.5. The molecular weight excluding hydrogens is 212 g/mol. The molecule has 0 N–H and O–H groups in total. The smallest absolute Gasteiger partial charge is 0.173 e. The van der Waals surface area contributed by atoms with E-state index in [1.54, 1.807) is 24.3 Å². The Balaban J connectivity index is 2.75. The number of Topliss-reactive ketones (excluding diaryl/α,β-unsaturated/α-hetero) is 2. The zero-order chi connectivity index (χ0) is 12.7. The van der Waals surface area contributed by atoms with Crippen molar-refractivity contribution in [3.05, 3.63) is 35.9 Å². The molecule has 1 aromatic rings. The van der Waals surface area contributed by atoms with Crippen molar-refractivity contribution < 1.29 is 9.59 Å². The molecule has 0 aliphatic rings. The molecular formula is C15H16O2. The molecule has 1 aromatic carbocycles. The second kappa shape index (κ2) is 6.65. The van der Waals surface area contributed by atoms with Gasteiger partial charge in [-0.2, -0.15) is 0 Å². The SMILES string of the molecule is C#CCCCC(C(C)=O)C(=O)c1ccccc1. The van der Waals surface area contributed by atoms with Gasteiger partial charge in [0.1, 0.15) is 5.78 Å². The summed E-state index contributed by atoms with van der Waals surface area (Å²) >= 11 is 0. The fraction of sp³-hybridized carbons (Fsp3) is 0.333. The molecule has 0 bridgehead atoms. The van der Waals surface area contributed by atoms with Gasteiger partial charge in [-0.25, -0.2) is 0 Å². The van der Waals surface area contributed by atoms with E-state index in [1.807, 2.05) is 6.07 Å². The van der Waals surface area contributed by atoms with E-state index < -0.39 is 5.92 Å². The highest BCUT2D eigenvalue weighted by Gasteiger charge is 2.23. The molecule has 0 amide bonds. The summed E-state index contributed by atoms with van der Waals surface area (Å²) in [6.45, 7) is 1.46. The fourth-order valence-electron chi connectivity index (χ4n) is 1.73. The van der Waals surface area contributed by atoms with Crippen LogP contribution in [0.4, 0.5) is 0 Å². The standard InChI is InChI=1S/C15H16O2/c1-3-4-6-11-14(12(2)16)15(17)13-9-7-5-8-10-13/h1,5,7-10,14H,4,6,11H2,2H3. The van der Waals surface area contributed by atoms with Crippen molar-refractivity contribution in [2.75, 3.05) is 0 Å². The number of rotatable bonds is 6. The molecule has 0 saturated carbocycles. The molecule has 0 aliphatic heterocycles. The van der Waals surface area contributed by atoms with E-state index in [0.717, 1.165) is 0 Å². The van der Waals surface area contributed by atoms with Gasteiger partial charge < -0.3 is 0 Å². The summed E-state index contributed by atoms with van der Waals surface area (Å²) in [7, 11) is 0. The first-order chi connectivity index (χ1) is 8.16. The van der Waals surface area contributed by atoms with E-state index in [-0.39, 0.29) is 11.6 Å². The number of carbonyl (C=O) groups is 2. The third kappa shape index (κ3) is 3.88. The summed E-state index contributed by atoms with van der Waals surface area (Å²) in [5, 5.41) is 0. The van der Waals surface area contributed by atoms with Gasteiger partial charge in [-0.1, -0.05) is 30.3 Å². The van der Waals surface area contributed by atoms with E-state index in [2.05, 4.69) is 5.92 Å². The average molecular weight is 228 g/mol. The Hall–Kier alpha value is -1.88. The van der Waals surface area contributed by atoms with E-state index >= 15 is 0 Å². The third-order valence-corrected chi connectivity index (χ3v) is 2.68. The van der Waals surface area contributed by atoms with Crippen LogP contribution < -0.4 is 0 Å². The van der Waals surface area contributed by atoms with E-state index in [4.69, 9.17) is 6.42 Å². The molecule has 1 rings (SSSR count). The highest BCUT2D eigenvalue weighted by atomic mass is 16.1. The van der Waals surface area contributed by atoms with Crippen LogP contribution in [-0.4, -0.2) is 11.6 Å². The van der Waals surface area contributed by atoms with Crippen LogP contribution in [0.25, 0.3) is 0 Å². The second-order valence-corrected chi connectivity index (χ2v) is 3.99. The quantitative estimate of drug-likeness (QED) is 0.325. The summed E-state index contributed by atoms with van der Waals surface area (Å²) in [5.41, 5.74) is 0.591. The first-order valence-electron chi connectivity index (χ1n) is 5.70. The minimum Gasteiger partial charge on any atom is -0.299 e. The predicted octanol–water partition coefficient (Wildman–Crippen LogP) is 2.88. The van der Waals surface area contributed by atoms with Crippen molar-refractivity contribution in [2.45, 2.75) is 26.2 Å². The maximum absolute atomic E-state index is 12.1. The lowest BCUT2D eigenvalue weighted by molar-refractivity contribution is -0.119. The molecule has 0 aromatic heterocycles. The van der Waals surface area contributed by atoms with Crippen LogP contribution in [0.5, 0.6) is 0 Å². The van der Waals surface area contributed by atoms with Crippen molar-refractivity contribution in [1.82, 2.24) is 0 Å². The van der Waals surface area contributed by atoms with Crippen molar-refractivity contribution in [3.63, 3.8) is 0 Å². The first kappa shape index (κ1) is 13.2. The maximum Gasteiger partial charge on any atom is 0.173 e. The number of benzene rings is 1. The third-order valence-electron chi connectivity index (χ3n) is 2.68. The van der Waals surface area contributed by atoms with E-state index in [0.29, 0.717) is 24.8 Å². The molecule has 1 atom stereocenters. The minimum atomic E-state index is -0.550. The minimum absolute atomic E-state index is 0.0872. The lowest BCUT2D eigenvalue weighted by Crippen LogP contribution is -2.22. The Morgan fingerprint density at radius 3 is 2.47 bits per heavy atom. The number of hydrogen-bond donors (Lipinski definition) is 0. The average Bonchev–Trinajstić information content (AvgIpc) is 2.34. The van der Waals surface area contributed by atoms with Gasteiger partial charge in [-0.05, 0) is 19.8 Å². The number of ketones is 2. The van der Waals surface area contributed by atoms with Crippen molar-refractivity contribution in [2.24, 2.45) is 5.92 Å². The maximum atomic E-state index is 12.1. The van der Waals surface area contributed by atoms with Crippen LogP contribution in [0.2, 0.25) is 0 Å². The molecule has 2 heteroatoms. The largest absolute Gasteiger partial charge is 0.299 e. The number of carbonyl (C=O) groups excluding carboxylic acids is 2. The molecule has 17 heavy (non-hydrogen) atoms. The predicted molar refractivity (Wildman–Crippen MR) is 67.6 cm³/mol. The van der Waals surface area contributed by atoms with Crippen LogP contribution in [-0.2, 0) is 4.79 Å². The Kier molecular flexibility index (Phi) is 5.16. The van der Waals surface area contributed by atoms with Crippen LogP contribution in [0.1, 0.15) is 36.5 Å². The van der Waals surface area contributed by atoms with E-state index in [1.165, 1.54) is 6.92 Å². The van der Waals surface area contributed by atoms with Gasteiger partial charge in [0.2, 0.25) is 0 Å². The first-order valence-corrected chi connectivity index (χ1v) is 5.70. The Morgan fingerprint density at radius 2 is 1.94 bits per heavy atom. The molecule has 88 valence electrons. The molecule has 2 nitrogen and oxygen atoms in total. The molecule has 0 radical (unpaired) electrons. The van der Waals surface area contributed by atoms with Crippen molar-refractivity contribution >= 4 is 11.6 Å². The van der Waals surface area contributed by atoms with E-state index in [9.17, 15) is 9.59 Å². The Bertz CT molecular complexity index is 426. The summed E-state index contributed by atoms with van der Waals surface area (Å²) < 4.78 is 0. The van der Waals surface area contributed by atoms with Crippen molar-refractivity contribution in [1.29, 1.82) is 0 Å². The Labute approximate surface area is 102 Å². The molecule has 0 spiro atoms. The molecule has 1 unspecified atom stereocenters. The molecule has 0 aliphatic carbocycles. The van der Waals surface area contributed by atoms with Crippen LogP contribution >= 0.6 is 0 Å². The monoisotopic (exact) mass is 228 g/mol. The second-order valence-electron chi connectivity index (χ2n) is 3.99.